The molecule has 0 radical (unpaired) electrons. The molecular weight excluding hydrogens is 276 g/mol. The maximum Gasteiger partial charge on any atom is 0.253 e. The highest BCUT2D eigenvalue weighted by Crippen LogP contribution is 2.30. The fourth-order valence-electron chi connectivity index (χ4n) is 2.77. The van der Waals surface area contributed by atoms with Crippen LogP contribution in [0.4, 0.5) is 5.69 Å². The molecule has 0 bridgehead atoms. The zero-order valence-corrected chi connectivity index (χ0v) is 12.0. The number of halogens is 1. The van der Waals surface area contributed by atoms with Gasteiger partial charge >= 0.3 is 0 Å². The average molecular weight is 295 g/mol. The lowest BCUT2D eigenvalue weighted by molar-refractivity contribution is 0.0938. The summed E-state index contributed by atoms with van der Waals surface area (Å²) in [5, 5.41) is 3.60. The highest BCUT2D eigenvalue weighted by Gasteiger charge is 2.34. The van der Waals surface area contributed by atoms with E-state index in [1.54, 1.807) is 18.2 Å². The van der Waals surface area contributed by atoms with Gasteiger partial charge in [-0.1, -0.05) is 11.6 Å². The van der Waals surface area contributed by atoms with E-state index in [1.165, 1.54) is 12.8 Å². The number of amides is 1. The Balaban J connectivity index is 1.65. The van der Waals surface area contributed by atoms with E-state index in [-0.39, 0.29) is 11.9 Å². The molecule has 1 atom stereocenters. The molecule has 1 aromatic rings. The zero-order chi connectivity index (χ0) is 14.1. The molecule has 5 nitrogen and oxygen atoms in total. The third kappa shape index (κ3) is 2.90. The molecule has 1 amide bonds. The van der Waals surface area contributed by atoms with Crippen molar-refractivity contribution in [1.82, 2.24) is 10.2 Å². The fourth-order valence-corrected chi connectivity index (χ4v) is 2.94. The lowest BCUT2D eigenvalue weighted by Crippen LogP contribution is -2.37. The van der Waals surface area contributed by atoms with Crippen LogP contribution in [0.2, 0.25) is 5.02 Å². The summed E-state index contributed by atoms with van der Waals surface area (Å²) in [5.74, 6) is 5.31. The summed E-state index contributed by atoms with van der Waals surface area (Å²) in [6.07, 6.45) is 3.61. The molecule has 2 fully saturated rings. The molecule has 1 aliphatic carbocycles. The minimum absolute atomic E-state index is 0.122. The number of hydrogen-bond donors (Lipinski definition) is 3. The summed E-state index contributed by atoms with van der Waals surface area (Å²) in [5.41, 5.74) is 3.61. The van der Waals surface area contributed by atoms with Crippen molar-refractivity contribution >= 4 is 23.2 Å². The smallest absolute Gasteiger partial charge is 0.253 e. The summed E-state index contributed by atoms with van der Waals surface area (Å²) in [6.45, 7) is 2.02. The molecule has 20 heavy (non-hydrogen) atoms. The van der Waals surface area contributed by atoms with E-state index in [4.69, 9.17) is 17.4 Å². The molecule has 4 N–H and O–H groups in total. The van der Waals surface area contributed by atoms with Gasteiger partial charge in [-0.3, -0.25) is 15.5 Å². The predicted octanol–water partition coefficient (Wildman–Crippen LogP) is 1.59. The van der Waals surface area contributed by atoms with Crippen LogP contribution in [0, 0.1) is 0 Å². The van der Waals surface area contributed by atoms with Gasteiger partial charge in [0, 0.05) is 30.2 Å². The van der Waals surface area contributed by atoms with Crippen LogP contribution in [0.15, 0.2) is 18.2 Å². The molecule has 0 spiro atoms. The number of nitrogen functional groups attached to an aromatic ring is 1. The van der Waals surface area contributed by atoms with Gasteiger partial charge in [0.1, 0.15) is 0 Å². The van der Waals surface area contributed by atoms with Crippen molar-refractivity contribution in [3.63, 3.8) is 0 Å². The zero-order valence-electron chi connectivity index (χ0n) is 11.2. The lowest BCUT2D eigenvalue weighted by atomic mass is 10.1. The highest BCUT2D eigenvalue weighted by atomic mass is 35.5. The quantitative estimate of drug-likeness (QED) is 0.583. The monoisotopic (exact) mass is 294 g/mol. The van der Waals surface area contributed by atoms with Gasteiger partial charge in [0.2, 0.25) is 0 Å². The summed E-state index contributed by atoms with van der Waals surface area (Å²) in [4.78, 5) is 14.8. The Kier molecular flexibility index (Phi) is 3.83. The van der Waals surface area contributed by atoms with E-state index in [2.05, 4.69) is 15.6 Å². The first-order valence-corrected chi connectivity index (χ1v) is 7.36. The number of nitrogens with two attached hydrogens (primary N) is 1. The van der Waals surface area contributed by atoms with Gasteiger partial charge in [0.05, 0.1) is 11.3 Å². The summed E-state index contributed by atoms with van der Waals surface area (Å²) in [7, 11) is 0. The van der Waals surface area contributed by atoms with Crippen molar-refractivity contribution in [2.75, 3.05) is 18.5 Å². The second-order valence-corrected chi connectivity index (χ2v) is 5.96. The number of carbonyl (C=O) groups excluding carboxylic acids is 1. The maximum atomic E-state index is 12.3. The number of hydrogen-bond acceptors (Lipinski definition) is 4. The van der Waals surface area contributed by atoms with Crippen LogP contribution in [-0.4, -0.2) is 36.0 Å². The van der Waals surface area contributed by atoms with Gasteiger partial charge < -0.3 is 10.7 Å². The molecule has 3 rings (SSSR count). The molecule has 2 aliphatic rings. The van der Waals surface area contributed by atoms with Crippen molar-refractivity contribution in [2.45, 2.75) is 31.3 Å². The van der Waals surface area contributed by atoms with Crippen LogP contribution in [0.1, 0.15) is 29.6 Å². The highest BCUT2D eigenvalue weighted by molar-refractivity contribution is 6.31. The number of likely N-dealkylation sites (tertiary alicyclic amines) is 1. The second kappa shape index (κ2) is 5.60. The molecule has 1 saturated carbocycles. The molecular formula is C14H19ClN4O. The Morgan fingerprint density at radius 1 is 1.35 bits per heavy atom. The van der Waals surface area contributed by atoms with Gasteiger partial charge in [-0.05, 0) is 37.5 Å². The van der Waals surface area contributed by atoms with E-state index in [1.807, 2.05) is 0 Å². The first-order chi connectivity index (χ1) is 9.67. The van der Waals surface area contributed by atoms with Crippen LogP contribution in [-0.2, 0) is 0 Å². The Morgan fingerprint density at radius 2 is 2.15 bits per heavy atom. The molecule has 1 aromatic carbocycles. The van der Waals surface area contributed by atoms with E-state index in [0.717, 1.165) is 25.6 Å². The van der Waals surface area contributed by atoms with E-state index < -0.39 is 0 Å². The topological polar surface area (TPSA) is 70.4 Å². The van der Waals surface area contributed by atoms with Crippen LogP contribution >= 0.6 is 11.6 Å². The minimum Gasteiger partial charge on any atom is -0.348 e. The average Bonchev–Trinajstić information content (AvgIpc) is 3.19. The van der Waals surface area contributed by atoms with Gasteiger partial charge in [-0.15, -0.1) is 0 Å². The van der Waals surface area contributed by atoms with E-state index >= 15 is 0 Å². The molecule has 1 aliphatic heterocycles. The van der Waals surface area contributed by atoms with Crippen molar-refractivity contribution in [1.29, 1.82) is 0 Å². The molecule has 1 saturated heterocycles. The SMILES string of the molecule is NNc1ccc(Cl)cc1C(=O)NC1CCN(C2CC2)C1. The van der Waals surface area contributed by atoms with Gasteiger partial charge in [0.15, 0.2) is 0 Å². The molecule has 108 valence electrons. The lowest BCUT2D eigenvalue weighted by Gasteiger charge is -2.17. The first kappa shape index (κ1) is 13.7. The second-order valence-electron chi connectivity index (χ2n) is 5.52. The molecule has 6 heteroatoms. The molecule has 1 unspecified atom stereocenters. The van der Waals surface area contributed by atoms with Crippen molar-refractivity contribution in [2.24, 2.45) is 5.84 Å². The number of anilines is 1. The van der Waals surface area contributed by atoms with Gasteiger partial charge in [-0.2, -0.15) is 0 Å². The van der Waals surface area contributed by atoms with Crippen molar-refractivity contribution < 1.29 is 4.79 Å². The molecule has 0 aromatic heterocycles. The van der Waals surface area contributed by atoms with Crippen LogP contribution in [0.3, 0.4) is 0 Å². The Labute approximate surface area is 123 Å². The van der Waals surface area contributed by atoms with E-state index in [9.17, 15) is 4.79 Å². The van der Waals surface area contributed by atoms with Crippen LogP contribution in [0.5, 0.6) is 0 Å². The van der Waals surface area contributed by atoms with Gasteiger partial charge in [-0.25, -0.2) is 0 Å². The van der Waals surface area contributed by atoms with Gasteiger partial charge in [0.25, 0.3) is 5.91 Å². The summed E-state index contributed by atoms with van der Waals surface area (Å²) >= 11 is 5.95. The standard InChI is InChI=1S/C14H19ClN4O/c15-9-1-4-13(18-16)12(7-9)14(20)17-10-5-6-19(8-10)11-2-3-11/h1,4,7,10-11,18H,2-3,5-6,8,16H2,(H,17,20). The van der Waals surface area contributed by atoms with Crippen LogP contribution < -0.4 is 16.6 Å². The third-order valence-electron chi connectivity index (χ3n) is 4.00. The number of nitrogens with one attached hydrogen (secondary N) is 2. The summed E-state index contributed by atoms with van der Waals surface area (Å²) in [6, 6.07) is 6.03. The number of nitrogens with zero attached hydrogens (tertiary/aromatic N) is 1. The Hall–Kier alpha value is -1.30. The van der Waals surface area contributed by atoms with E-state index in [0.29, 0.717) is 16.3 Å². The largest absolute Gasteiger partial charge is 0.348 e. The summed E-state index contributed by atoms with van der Waals surface area (Å²) < 4.78 is 0. The Bertz CT molecular complexity index is 518. The number of benzene rings is 1. The normalized spacial score (nSPS) is 22.8. The third-order valence-corrected chi connectivity index (χ3v) is 4.24. The van der Waals surface area contributed by atoms with Crippen LogP contribution in [0.25, 0.3) is 0 Å². The number of rotatable bonds is 4. The number of hydrazine groups is 1. The maximum absolute atomic E-state index is 12.3. The Morgan fingerprint density at radius 3 is 2.85 bits per heavy atom. The fraction of sp³-hybridized carbons (Fsp3) is 0.500. The predicted molar refractivity (Wildman–Crippen MR) is 79.7 cm³/mol. The van der Waals surface area contributed by atoms with Crippen molar-refractivity contribution in [3.05, 3.63) is 28.8 Å². The first-order valence-electron chi connectivity index (χ1n) is 6.98. The van der Waals surface area contributed by atoms with Crippen molar-refractivity contribution in [3.8, 4) is 0 Å². The molecule has 1 heterocycles. The number of carbonyl (C=O) groups is 1. The minimum atomic E-state index is -0.122.